The molecule has 1 N–H and O–H groups in total. The Balaban J connectivity index is 3.09. The molecule has 0 bridgehead atoms. The van der Waals surface area contributed by atoms with Crippen LogP contribution >= 0.6 is 12.6 Å². The van der Waals surface area contributed by atoms with E-state index in [1.165, 1.54) is 0 Å². The molecular weight excluding hydrogens is 226 g/mol. The molecule has 0 aliphatic carbocycles. The summed E-state index contributed by atoms with van der Waals surface area (Å²) in [6.45, 7) is 0.738. The molecule has 5 heteroatoms. The quantitative estimate of drug-likeness (QED) is 0.750. The summed E-state index contributed by atoms with van der Waals surface area (Å²) in [6.07, 6.45) is 0. The average molecular weight is 243 g/mol. The number of anilines is 1. The summed E-state index contributed by atoms with van der Waals surface area (Å²) in [5, 5.41) is 3.20. The van der Waals surface area contributed by atoms with Crippen LogP contribution in [0, 0.1) is 0 Å². The number of benzene rings is 1. The van der Waals surface area contributed by atoms with E-state index in [4.69, 9.17) is 14.2 Å². The molecule has 0 amide bonds. The fourth-order valence-corrected chi connectivity index (χ4v) is 1.47. The molecule has 0 radical (unpaired) electrons. The van der Waals surface area contributed by atoms with Gasteiger partial charge in [0.2, 0.25) is 0 Å². The van der Waals surface area contributed by atoms with E-state index < -0.39 is 0 Å². The van der Waals surface area contributed by atoms with Crippen LogP contribution in [0.2, 0.25) is 0 Å². The highest BCUT2D eigenvalue weighted by Gasteiger charge is 2.12. The highest BCUT2D eigenvalue weighted by atomic mass is 32.1. The summed E-state index contributed by atoms with van der Waals surface area (Å²) in [6, 6.07) is 3.62. The maximum Gasteiger partial charge on any atom is 0.149 e. The Kier molecular flexibility index (Phi) is 5.11. The number of methoxy groups -OCH3 is 3. The van der Waals surface area contributed by atoms with E-state index in [1.54, 1.807) is 21.3 Å². The van der Waals surface area contributed by atoms with Crippen molar-refractivity contribution in [2.45, 2.75) is 0 Å². The Morgan fingerprint density at radius 1 is 1.06 bits per heavy atom. The number of ether oxygens (including phenoxy) is 3. The average Bonchev–Trinajstić information content (AvgIpc) is 2.35. The molecule has 1 aromatic carbocycles. The lowest BCUT2D eigenvalue weighted by molar-refractivity contribution is 0.377. The predicted molar refractivity (Wildman–Crippen MR) is 68.4 cm³/mol. The number of thiol groups is 1. The van der Waals surface area contributed by atoms with Crippen molar-refractivity contribution in [2.24, 2.45) is 0 Å². The summed E-state index contributed by atoms with van der Waals surface area (Å²) in [5.41, 5.74) is 0.819. The Morgan fingerprint density at radius 2 is 1.62 bits per heavy atom. The van der Waals surface area contributed by atoms with Crippen LogP contribution in [0.25, 0.3) is 0 Å². The van der Waals surface area contributed by atoms with E-state index in [0.29, 0.717) is 17.2 Å². The zero-order valence-corrected chi connectivity index (χ0v) is 10.6. The fourth-order valence-electron chi connectivity index (χ4n) is 1.36. The second-order valence-electron chi connectivity index (χ2n) is 3.06. The van der Waals surface area contributed by atoms with Crippen LogP contribution in [-0.4, -0.2) is 33.6 Å². The van der Waals surface area contributed by atoms with Crippen molar-refractivity contribution in [1.82, 2.24) is 0 Å². The van der Waals surface area contributed by atoms with Crippen molar-refractivity contribution in [1.29, 1.82) is 0 Å². The summed E-state index contributed by atoms with van der Waals surface area (Å²) < 4.78 is 15.7. The summed E-state index contributed by atoms with van der Waals surface area (Å²) >= 11 is 4.15. The van der Waals surface area contributed by atoms with Crippen molar-refractivity contribution in [2.75, 3.05) is 38.9 Å². The first kappa shape index (κ1) is 12.8. The topological polar surface area (TPSA) is 39.7 Å². The molecular formula is C11H17NO3S. The zero-order valence-electron chi connectivity index (χ0n) is 9.74. The lowest BCUT2D eigenvalue weighted by Crippen LogP contribution is -2.06. The van der Waals surface area contributed by atoms with Gasteiger partial charge in [-0.15, -0.1) is 0 Å². The van der Waals surface area contributed by atoms with Crippen LogP contribution in [-0.2, 0) is 0 Å². The Morgan fingerprint density at radius 3 is 2.00 bits per heavy atom. The van der Waals surface area contributed by atoms with E-state index in [0.717, 1.165) is 18.0 Å². The molecule has 0 aromatic heterocycles. The van der Waals surface area contributed by atoms with Crippen LogP contribution in [0.4, 0.5) is 5.69 Å². The standard InChI is InChI=1S/C11H17NO3S/c1-13-8-6-9(14-2)11(12-4-5-16)10(7-8)15-3/h6-7,12,16H,4-5H2,1-3H3. The van der Waals surface area contributed by atoms with Crippen LogP contribution in [0.15, 0.2) is 12.1 Å². The second-order valence-corrected chi connectivity index (χ2v) is 3.50. The first-order valence-corrected chi connectivity index (χ1v) is 5.54. The van der Waals surface area contributed by atoms with Gasteiger partial charge in [-0.1, -0.05) is 0 Å². The molecule has 4 nitrogen and oxygen atoms in total. The lowest BCUT2D eigenvalue weighted by atomic mass is 10.2. The molecule has 0 atom stereocenters. The van der Waals surface area contributed by atoms with Gasteiger partial charge in [-0.05, 0) is 0 Å². The van der Waals surface area contributed by atoms with Gasteiger partial charge >= 0.3 is 0 Å². The van der Waals surface area contributed by atoms with E-state index in [1.807, 2.05) is 12.1 Å². The minimum absolute atomic E-state index is 0.693. The smallest absolute Gasteiger partial charge is 0.149 e. The lowest BCUT2D eigenvalue weighted by Gasteiger charge is -2.15. The molecule has 16 heavy (non-hydrogen) atoms. The maximum absolute atomic E-state index is 5.28. The minimum atomic E-state index is 0.693. The largest absolute Gasteiger partial charge is 0.496 e. The Bertz CT molecular complexity index is 319. The zero-order chi connectivity index (χ0) is 12.0. The van der Waals surface area contributed by atoms with E-state index in [9.17, 15) is 0 Å². The molecule has 0 aliphatic heterocycles. The van der Waals surface area contributed by atoms with Crippen molar-refractivity contribution >= 4 is 18.3 Å². The molecule has 0 fully saturated rings. The van der Waals surface area contributed by atoms with Crippen molar-refractivity contribution in [3.63, 3.8) is 0 Å². The van der Waals surface area contributed by atoms with Gasteiger partial charge in [0.15, 0.2) is 0 Å². The maximum atomic E-state index is 5.28. The van der Waals surface area contributed by atoms with Gasteiger partial charge in [-0.25, -0.2) is 0 Å². The summed E-state index contributed by atoms with van der Waals surface area (Å²) in [7, 11) is 4.83. The van der Waals surface area contributed by atoms with Crippen LogP contribution in [0.1, 0.15) is 0 Å². The van der Waals surface area contributed by atoms with E-state index in [2.05, 4.69) is 17.9 Å². The highest BCUT2D eigenvalue weighted by molar-refractivity contribution is 7.80. The second kappa shape index (κ2) is 6.37. The van der Waals surface area contributed by atoms with E-state index in [-0.39, 0.29) is 0 Å². The molecule has 1 rings (SSSR count). The molecule has 0 spiro atoms. The normalized spacial score (nSPS) is 9.75. The van der Waals surface area contributed by atoms with Gasteiger partial charge in [0.25, 0.3) is 0 Å². The molecule has 0 saturated carbocycles. The van der Waals surface area contributed by atoms with Crippen molar-refractivity contribution in [3.05, 3.63) is 12.1 Å². The Hall–Kier alpha value is -1.23. The third-order valence-corrected chi connectivity index (χ3v) is 2.35. The third kappa shape index (κ3) is 2.88. The number of rotatable bonds is 6. The molecule has 1 aromatic rings. The highest BCUT2D eigenvalue weighted by Crippen LogP contribution is 2.38. The molecule has 0 aliphatic rings. The summed E-state index contributed by atoms with van der Waals surface area (Å²) in [5.74, 6) is 2.82. The van der Waals surface area contributed by atoms with Crippen LogP contribution in [0.5, 0.6) is 17.2 Å². The molecule has 0 saturated heterocycles. The molecule has 90 valence electrons. The number of hydrogen-bond acceptors (Lipinski definition) is 5. The van der Waals surface area contributed by atoms with Gasteiger partial charge in [-0.2, -0.15) is 12.6 Å². The first-order valence-electron chi connectivity index (χ1n) is 4.91. The van der Waals surface area contributed by atoms with Crippen molar-refractivity contribution < 1.29 is 14.2 Å². The first-order chi connectivity index (χ1) is 7.76. The van der Waals surface area contributed by atoms with Gasteiger partial charge < -0.3 is 19.5 Å². The van der Waals surface area contributed by atoms with Crippen LogP contribution < -0.4 is 19.5 Å². The van der Waals surface area contributed by atoms with E-state index >= 15 is 0 Å². The predicted octanol–water partition coefficient (Wildman–Crippen LogP) is 2.05. The third-order valence-electron chi connectivity index (χ3n) is 2.13. The number of nitrogens with one attached hydrogen (secondary N) is 1. The van der Waals surface area contributed by atoms with Crippen molar-refractivity contribution in [3.8, 4) is 17.2 Å². The van der Waals surface area contributed by atoms with Crippen LogP contribution in [0.3, 0.4) is 0 Å². The monoisotopic (exact) mass is 243 g/mol. The van der Waals surface area contributed by atoms with Gasteiger partial charge in [0.05, 0.1) is 21.3 Å². The minimum Gasteiger partial charge on any atom is -0.496 e. The fraction of sp³-hybridized carbons (Fsp3) is 0.455. The van der Waals surface area contributed by atoms with Gasteiger partial charge in [0, 0.05) is 24.4 Å². The number of hydrogen-bond donors (Lipinski definition) is 2. The molecule has 0 unspecified atom stereocenters. The SMILES string of the molecule is COc1cc(OC)c(NCCS)c(OC)c1. The van der Waals surface area contributed by atoms with Gasteiger partial charge in [-0.3, -0.25) is 0 Å². The summed E-state index contributed by atoms with van der Waals surface area (Å²) in [4.78, 5) is 0. The molecule has 0 heterocycles. The Labute approximate surface area is 101 Å². The van der Waals surface area contributed by atoms with Gasteiger partial charge in [0.1, 0.15) is 22.9 Å².